The molecule has 0 fully saturated rings. The SMILES string of the molecule is COc1cc2c(cc1OC)[C@H]1c3sc(C(C)(C)C)cc3CN[C@@H]1CC2. The molecular formula is C21H27NO2S. The van der Waals surface area contributed by atoms with Crippen LogP contribution in [-0.2, 0) is 18.4 Å². The van der Waals surface area contributed by atoms with E-state index in [1.54, 1.807) is 19.1 Å². The van der Waals surface area contributed by atoms with Gasteiger partial charge in [0.05, 0.1) is 14.2 Å². The van der Waals surface area contributed by atoms with Gasteiger partial charge in [-0.15, -0.1) is 11.3 Å². The average Bonchev–Trinajstić information content (AvgIpc) is 3.04. The summed E-state index contributed by atoms with van der Waals surface area (Å²) in [4.78, 5) is 3.02. The quantitative estimate of drug-likeness (QED) is 0.851. The molecule has 2 aromatic rings. The normalized spacial score (nSPS) is 22.0. The highest BCUT2D eigenvalue weighted by Crippen LogP contribution is 2.48. The number of aryl methyl sites for hydroxylation is 1. The number of benzene rings is 1. The predicted molar refractivity (Wildman–Crippen MR) is 103 cm³/mol. The summed E-state index contributed by atoms with van der Waals surface area (Å²) in [5.74, 6) is 2.10. The number of ether oxygens (including phenoxy) is 2. The van der Waals surface area contributed by atoms with Gasteiger partial charge in [0.1, 0.15) is 0 Å². The summed E-state index contributed by atoms with van der Waals surface area (Å²) >= 11 is 2.00. The van der Waals surface area contributed by atoms with Gasteiger partial charge >= 0.3 is 0 Å². The summed E-state index contributed by atoms with van der Waals surface area (Å²) in [6.45, 7) is 7.90. The molecule has 0 spiro atoms. The van der Waals surface area contributed by atoms with Crippen LogP contribution >= 0.6 is 11.3 Å². The summed E-state index contributed by atoms with van der Waals surface area (Å²) in [5, 5.41) is 3.78. The van der Waals surface area contributed by atoms with Gasteiger partial charge in [-0.3, -0.25) is 0 Å². The molecule has 0 amide bonds. The van der Waals surface area contributed by atoms with Crippen LogP contribution in [0.15, 0.2) is 18.2 Å². The molecule has 2 heterocycles. The minimum absolute atomic E-state index is 0.201. The van der Waals surface area contributed by atoms with Crippen LogP contribution in [0.1, 0.15) is 59.6 Å². The lowest BCUT2D eigenvalue weighted by Crippen LogP contribution is -2.41. The Morgan fingerprint density at radius 2 is 1.76 bits per heavy atom. The van der Waals surface area contributed by atoms with Crippen molar-refractivity contribution >= 4 is 11.3 Å². The first-order chi connectivity index (χ1) is 11.9. The first-order valence-corrected chi connectivity index (χ1v) is 9.85. The number of thiophene rings is 1. The maximum Gasteiger partial charge on any atom is 0.161 e. The molecule has 1 aliphatic carbocycles. The topological polar surface area (TPSA) is 30.5 Å². The molecule has 2 atom stereocenters. The van der Waals surface area contributed by atoms with Gasteiger partial charge in [0.2, 0.25) is 0 Å². The van der Waals surface area contributed by atoms with Crippen molar-refractivity contribution in [2.45, 2.75) is 57.5 Å². The zero-order chi connectivity index (χ0) is 17.8. The Labute approximate surface area is 154 Å². The zero-order valence-electron chi connectivity index (χ0n) is 15.7. The van der Waals surface area contributed by atoms with E-state index in [9.17, 15) is 0 Å². The number of hydrogen-bond acceptors (Lipinski definition) is 4. The van der Waals surface area contributed by atoms with Gasteiger partial charge < -0.3 is 14.8 Å². The van der Waals surface area contributed by atoms with E-state index in [2.05, 4.69) is 44.3 Å². The second kappa shape index (κ2) is 6.03. The third kappa shape index (κ3) is 2.76. The van der Waals surface area contributed by atoms with Crippen molar-refractivity contribution in [3.63, 3.8) is 0 Å². The molecule has 0 unspecified atom stereocenters. The minimum Gasteiger partial charge on any atom is -0.493 e. The second-order valence-corrected chi connectivity index (χ2v) is 9.24. The fourth-order valence-corrected chi connectivity index (χ4v) is 5.56. The average molecular weight is 358 g/mol. The van der Waals surface area contributed by atoms with Crippen molar-refractivity contribution in [3.05, 3.63) is 44.6 Å². The number of fused-ring (bicyclic) bond motifs is 5. The van der Waals surface area contributed by atoms with Gasteiger partial charge in [-0.1, -0.05) is 20.8 Å². The fourth-order valence-electron chi connectivity index (χ4n) is 4.14. The van der Waals surface area contributed by atoms with E-state index in [0.717, 1.165) is 24.5 Å². The molecule has 0 saturated carbocycles. The number of rotatable bonds is 2. The molecule has 0 bridgehead atoms. The molecule has 1 aromatic carbocycles. The highest BCUT2D eigenvalue weighted by molar-refractivity contribution is 7.12. The number of hydrogen-bond donors (Lipinski definition) is 1. The van der Waals surface area contributed by atoms with Gasteiger partial charge in [-0.05, 0) is 53.1 Å². The van der Waals surface area contributed by atoms with Gasteiger partial charge in [-0.2, -0.15) is 0 Å². The molecule has 3 nitrogen and oxygen atoms in total. The van der Waals surface area contributed by atoms with Crippen molar-refractivity contribution in [1.82, 2.24) is 5.32 Å². The van der Waals surface area contributed by atoms with Gasteiger partial charge in [0.25, 0.3) is 0 Å². The minimum atomic E-state index is 0.201. The Kier molecular flexibility index (Phi) is 4.08. The van der Waals surface area contributed by atoms with Crippen LogP contribution in [0.3, 0.4) is 0 Å². The first kappa shape index (κ1) is 16.9. The molecule has 1 aliphatic heterocycles. The lowest BCUT2D eigenvalue weighted by Gasteiger charge is -2.38. The van der Waals surface area contributed by atoms with Crippen LogP contribution in [0.2, 0.25) is 0 Å². The highest BCUT2D eigenvalue weighted by atomic mass is 32.1. The maximum atomic E-state index is 5.59. The Hall–Kier alpha value is -1.52. The standard InChI is InChI=1S/C21H27NO2S/c1-21(2,3)18-9-13-11-22-15-7-6-12-8-16(23-4)17(24-5)10-14(12)19(15)20(13)25-18/h8-10,15,19,22H,6-7,11H2,1-5H3/t15-,19-/m1/s1. The van der Waals surface area contributed by atoms with Gasteiger partial charge in [0.15, 0.2) is 11.5 Å². The molecule has 2 aliphatic rings. The fraction of sp³-hybridized carbons (Fsp3) is 0.524. The Morgan fingerprint density at radius 1 is 1.04 bits per heavy atom. The summed E-state index contributed by atoms with van der Waals surface area (Å²) in [6, 6.07) is 7.32. The zero-order valence-corrected chi connectivity index (χ0v) is 16.5. The van der Waals surface area contributed by atoms with E-state index >= 15 is 0 Å². The molecule has 134 valence electrons. The third-order valence-electron chi connectivity index (χ3n) is 5.53. The summed E-state index contributed by atoms with van der Waals surface area (Å²) in [6.07, 6.45) is 2.27. The van der Waals surface area contributed by atoms with E-state index in [4.69, 9.17) is 9.47 Å². The van der Waals surface area contributed by atoms with E-state index in [0.29, 0.717) is 12.0 Å². The highest BCUT2D eigenvalue weighted by Gasteiger charge is 2.38. The summed E-state index contributed by atoms with van der Waals surface area (Å²) in [7, 11) is 3.43. The Morgan fingerprint density at radius 3 is 2.44 bits per heavy atom. The summed E-state index contributed by atoms with van der Waals surface area (Å²) < 4.78 is 11.1. The van der Waals surface area contributed by atoms with Crippen LogP contribution in [0.5, 0.6) is 11.5 Å². The molecule has 0 radical (unpaired) electrons. The van der Waals surface area contributed by atoms with Gasteiger partial charge in [0, 0.05) is 28.3 Å². The van der Waals surface area contributed by atoms with E-state index in [1.807, 2.05) is 11.3 Å². The van der Waals surface area contributed by atoms with Crippen LogP contribution in [0.25, 0.3) is 0 Å². The molecule has 4 rings (SSSR count). The van der Waals surface area contributed by atoms with E-state index in [-0.39, 0.29) is 5.41 Å². The molecule has 1 aromatic heterocycles. The molecule has 0 saturated heterocycles. The van der Waals surface area contributed by atoms with Crippen LogP contribution in [0, 0.1) is 0 Å². The smallest absolute Gasteiger partial charge is 0.161 e. The largest absolute Gasteiger partial charge is 0.493 e. The molecular weight excluding hydrogens is 330 g/mol. The number of methoxy groups -OCH3 is 2. The monoisotopic (exact) mass is 357 g/mol. The van der Waals surface area contributed by atoms with Crippen molar-refractivity contribution in [1.29, 1.82) is 0 Å². The van der Waals surface area contributed by atoms with Crippen molar-refractivity contribution in [3.8, 4) is 11.5 Å². The van der Waals surface area contributed by atoms with Crippen LogP contribution < -0.4 is 14.8 Å². The van der Waals surface area contributed by atoms with Crippen LogP contribution in [-0.4, -0.2) is 20.3 Å². The summed E-state index contributed by atoms with van der Waals surface area (Å²) in [5.41, 5.74) is 4.48. The third-order valence-corrected chi connectivity index (χ3v) is 7.21. The lowest BCUT2D eigenvalue weighted by atomic mass is 9.75. The van der Waals surface area contributed by atoms with Gasteiger partial charge in [-0.25, -0.2) is 0 Å². The second-order valence-electron chi connectivity index (χ2n) is 8.16. The molecule has 25 heavy (non-hydrogen) atoms. The van der Waals surface area contributed by atoms with Crippen molar-refractivity contribution in [2.75, 3.05) is 14.2 Å². The Bertz CT molecular complexity index is 803. The molecule has 4 heteroatoms. The molecule has 1 N–H and O–H groups in total. The van der Waals surface area contributed by atoms with Crippen molar-refractivity contribution in [2.24, 2.45) is 0 Å². The Balaban J connectivity index is 1.85. The van der Waals surface area contributed by atoms with E-state index < -0.39 is 0 Å². The van der Waals surface area contributed by atoms with E-state index in [1.165, 1.54) is 28.0 Å². The maximum absolute atomic E-state index is 5.59. The predicted octanol–water partition coefficient (Wildman–Crippen LogP) is 4.61. The number of nitrogens with one attached hydrogen (secondary N) is 1. The van der Waals surface area contributed by atoms with Crippen molar-refractivity contribution < 1.29 is 9.47 Å². The van der Waals surface area contributed by atoms with Crippen LogP contribution in [0.4, 0.5) is 0 Å². The lowest BCUT2D eigenvalue weighted by molar-refractivity contribution is 0.349. The first-order valence-electron chi connectivity index (χ1n) is 9.03.